The summed E-state index contributed by atoms with van der Waals surface area (Å²) in [5.74, 6) is -0.176. The van der Waals surface area contributed by atoms with Crippen LogP contribution in [0.4, 0.5) is 0 Å². The normalized spacial score (nSPS) is 11.6. The third-order valence-corrected chi connectivity index (χ3v) is 6.73. The van der Waals surface area contributed by atoms with Crippen molar-refractivity contribution in [3.8, 4) is 22.9 Å². The number of carbonyl (C=O) groups is 1. The van der Waals surface area contributed by atoms with E-state index in [1.807, 2.05) is 36.4 Å². The highest BCUT2D eigenvalue weighted by Gasteiger charge is 2.32. The number of H-pyrrole nitrogens is 1. The van der Waals surface area contributed by atoms with Crippen LogP contribution in [0.5, 0.6) is 5.75 Å². The predicted octanol–water partition coefficient (Wildman–Crippen LogP) is 6.13. The molecule has 36 heavy (non-hydrogen) atoms. The number of benzene rings is 3. The monoisotopic (exact) mass is 478 g/mol. The largest absolute Gasteiger partial charge is 0.496 e. The quantitative estimate of drug-likeness (QED) is 0.293. The highest BCUT2D eigenvalue weighted by Crippen LogP contribution is 2.44. The number of fused-ring (bicyclic) bond motifs is 2. The number of hydrogen-bond acceptors (Lipinski definition) is 4. The molecule has 2 aromatic heterocycles. The lowest BCUT2D eigenvalue weighted by Crippen LogP contribution is -2.23. The molecule has 0 bridgehead atoms. The second-order valence-corrected chi connectivity index (χ2v) is 9.55. The fraction of sp³-hybridized carbons (Fsp3) is 0.207. The number of nitrogens with one attached hydrogen (secondary N) is 1. The average molecular weight is 479 g/mol. The number of methoxy groups -OCH3 is 1. The molecule has 0 saturated heterocycles. The van der Waals surface area contributed by atoms with E-state index >= 15 is 0 Å². The van der Waals surface area contributed by atoms with E-state index in [0.29, 0.717) is 13.0 Å². The van der Waals surface area contributed by atoms with Crippen LogP contribution in [-0.2, 0) is 12.0 Å². The molecule has 0 aliphatic carbocycles. The molecule has 7 nitrogen and oxygen atoms in total. The summed E-state index contributed by atoms with van der Waals surface area (Å²) >= 11 is 0. The maximum atomic E-state index is 11.5. The number of hydrogen-bond donors (Lipinski definition) is 2. The van der Waals surface area contributed by atoms with Crippen LogP contribution in [0.1, 0.15) is 41.9 Å². The van der Waals surface area contributed by atoms with Gasteiger partial charge in [0.25, 0.3) is 0 Å². The number of para-hydroxylation sites is 1. The summed E-state index contributed by atoms with van der Waals surface area (Å²) in [7, 11) is 1.66. The van der Waals surface area contributed by atoms with Crippen LogP contribution in [0, 0.1) is 11.3 Å². The first kappa shape index (κ1) is 23.2. The fourth-order valence-electron chi connectivity index (χ4n) is 5.01. The van der Waals surface area contributed by atoms with Gasteiger partial charge in [0, 0.05) is 39.4 Å². The molecular weight excluding hydrogens is 452 g/mol. The summed E-state index contributed by atoms with van der Waals surface area (Å²) in [5, 5.41) is 28.4. The fourth-order valence-corrected chi connectivity index (χ4v) is 5.01. The molecule has 3 aromatic carbocycles. The average Bonchev–Trinajstić information content (AvgIpc) is 3.45. The Kier molecular flexibility index (Phi) is 5.73. The Morgan fingerprint density at radius 3 is 2.61 bits per heavy atom. The van der Waals surface area contributed by atoms with Crippen LogP contribution < -0.4 is 4.74 Å². The van der Waals surface area contributed by atoms with Crippen molar-refractivity contribution in [2.75, 3.05) is 7.11 Å². The van der Waals surface area contributed by atoms with Crippen LogP contribution in [0.25, 0.3) is 32.9 Å². The first-order valence-electron chi connectivity index (χ1n) is 11.7. The Morgan fingerprint density at radius 2 is 1.92 bits per heavy atom. The van der Waals surface area contributed by atoms with Crippen LogP contribution >= 0.6 is 0 Å². The zero-order valence-corrected chi connectivity index (χ0v) is 20.4. The SMILES string of the molecule is COc1ccccc1Cn1c(C(C)(C)CC#N)c(-c2ccc(C(=O)O)cc2)c2cc3[nH]ncc3cc21. The number of carboxylic acid groups (broad SMARTS) is 1. The number of nitrogens with zero attached hydrogens (tertiary/aromatic N) is 3. The van der Waals surface area contributed by atoms with Crippen molar-refractivity contribution in [2.24, 2.45) is 0 Å². The number of rotatable bonds is 7. The van der Waals surface area contributed by atoms with Gasteiger partial charge in [0.15, 0.2) is 0 Å². The summed E-state index contributed by atoms with van der Waals surface area (Å²) in [5.41, 5.74) is 5.54. The number of aromatic amines is 1. The standard InChI is InChI=1S/C29H26N4O3/c1-29(2,12-13-30)27-26(18-8-10-19(11-9-18)28(34)35)22-15-23-21(16-31-32-23)14-24(22)33(27)17-20-6-4-5-7-25(20)36-3/h4-11,14-16H,12,17H2,1-3H3,(H,31,32)(H,34,35). The maximum absolute atomic E-state index is 11.5. The first-order chi connectivity index (χ1) is 17.3. The Balaban J connectivity index is 1.87. The zero-order valence-electron chi connectivity index (χ0n) is 20.4. The molecule has 0 atom stereocenters. The van der Waals surface area contributed by atoms with Gasteiger partial charge < -0.3 is 14.4 Å². The molecular formula is C29H26N4O3. The number of carboxylic acids is 1. The van der Waals surface area contributed by atoms with E-state index < -0.39 is 11.4 Å². The predicted molar refractivity (Wildman–Crippen MR) is 139 cm³/mol. The van der Waals surface area contributed by atoms with Gasteiger partial charge in [-0.2, -0.15) is 10.4 Å². The number of aromatic carboxylic acids is 1. The van der Waals surface area contributed by atoms with E-state index in [0.717, 1.165) is 49.9 Å². The molecule has 7 heteroatoms. The molecule has 2 N–H and O–H groups in total. The smallest absolute Gasteiger partial charge is 0.335 e. The van der Waals surface area contributed by atoms with Gasteiger partial charge in [-0.05, 0) is 35.9 Å². The first-order valence-corrected chi connectivity index (χ1v) is 11.7. The van der Waals surface area contributed by atoms with E-state index in [2.05, 4.69) is 46.8 Å². The Morgan fingerprint density at radius 1 is 1.17 bits per heavy atom. The molecule has 0 saturated carbocycles. The Labute approximate surface area is 208 Å². The third kappa shape index (κ3) is 3.87. The van der Waals surface area contributed by atoms with E-state index in [1.54, 1.807) is 25.4 Å². The molecule has 180 valence electrons. The molecule has 0 unspecified atom stereocenters. The van der Waals surface area contributed by atoms with Gasteiger partial charge in [-0.3, -0.25) is 5.10 Å². The minimum atomic E-state index is -0.968. The topological polar surface area (TPSA) is 104 Å². The van der Waals surface area contributed by atoms with Crippen LogP contribution in [0.2, 0.25) is 0 Å². The van der Waals surface area contributed by atoms with E-state index in [1.165, 1.54) is 0 Å². The lowest BCUT2D eigenvalue weighted by molar-refractivity contribution is 0.0697. The molecule has 0 radical (unpaired) electrons. The molecule has 0 fully saturated rings. The number of aromatic nitrogens is 3. The van der Waals surface area contributed by atoms with Crippen molar-refractivity contribution in [1.82, 2.24) is 14.8 Å². The van der Waals surface area contributed by atoms with Crippen LogP contribution in [0.3, 0.4) is 0 Å². The van der Waals surface area contributed by atoms with Gasteiger partial charge >= 0.3 is 5.97 Å². The number of ether oxygens (including phenoxy) is 1. The third-order valence-electron chi connectivity index (χ3n) is 6.73. The van der Waals surface area contributed by atoms with Crippen LogP contribution in [-0.4, -0.2) is 33.0 Å². The van der Waals surface area contributed by atoms with Gasteiger partial charge in [-0.1, -0.05) is 44.2 Å². The lowest BCUT2D eigenvalue weighted by Gasteiger charge is -2.27. The summed E-state index contributed by atoms with van der Waals surface area (Å²) in [4.78, 5) is 11.5. The summed E-state index contributed by atoms with van der Waals surface area (Å²) in [6, 6.07) is 21.4. The van der Waals surface area contributed by atoms with Crippen LogP contribution in [0.15, 0.2) is 66.9 Å². The lowest BCUT2D eigenvalue weighted by atomic mass is 9.81. The van der Waals surface area contributed by atoms with Crippen molar-refractivity contribution in [1.29, 1.82) is 5.26 Å². The highest BCUT2D eigenvalue weighted by atomic mass is 16.5. The van der Waals surface area contributed by atoms with E-state index in [9.17, 15) is 15.2 Å². The van der Waals surface area contributed by atoms with Crippen molar-refractivity contribution in [2.45, 2.75) is 32.2 Å². The summed E-state index contributed by atoms with van der Waals surface area (Å²) in [6.45, 7) is 4.69. The van der Waals surface area contributed by atoms with Crippen molar-refractivity contribution in [3.63, 3.8) is 0 Å². The van der Waals surface area contributed by atoms with Gasteiger partial charge in [0.05, 0.1) is 42.5 Å². The van der Waals surface area contributed by atoms with Gasteiger partial charge in [0.1, 0.15) is 5.75 Å². The van der Waals surface area contributed by atoms with E-state index in [-0.39, 0.29) is 5.56 Å². The molecule has 2 heterocycles. The highest BCUT2D eigenvalue weighted by molar-refractivity contribution is 6.05. The summed E-state index contributed by atoms with van der Waals surface area (Å²) < 4.78 is 7.91. The second kappa shape index (κ2) is 8.90. The molecule has 0 amide bonds. The van der Waals surface area contributed by atoms with Gasteiger partial charge in [-0.15, -0.1) is 0 Å². The molecule has 5 rings (SSSR count). The minimum Gasteiger partial charge on any atom is -0.496 e. The maximum Gasteiger partial charge on any atom is 0.335 e. The van der Waals surface area contributed by atoms with Crippen molar-refractivity contribution in [3.05, 3.63) is 83.7 Å². The van der Waals surface area contributed by atoms with Gasteiger partial charge in [-0.25, -0.2) is 4.79 Å². The van der Waals surface area contributed by atoms with Crippen molar-refractivity contribution < 1.29 is 14.6 Å². The van der Waals surface area contributed by atoms with Gasteiger partial charge in [0.2, 0.25) is 0 Å². The Hall–Kier alpha value is -4.57. The Bertz CT molecular complexity index is 1640. The second-order valence-electron chi connectivity index (χ2n) is 9.55. The molecule has 0 aliphatic heterocycles. The minimum absolute atomic E-state index is 0.227. The summed E-state index contributed by atoms with van der Waals surface area (Å²) in [6.07, 6.45) is 2.12. The zero-order chi connectivity index (χ0) is 25.4. The van der Waals surface area contributed by atoms with E-state index in [4.69, 9.17) is 4.74 Å². The molecule has 0 spiro atoms. The molecule has 5 aromatic rings. The number of nitriles is 1. The van der Waals surface area contributed by atoms with Crippen molar-refractivity contribution >= 4 is 27.8 Å². The molecule has 0 aliphatic rings.